The maximum atomic E-state index is 4.81. The smallest absolute Gasteiger partial charge is 0.0572 e. The molecule has 0 heterocycles. The number of nitrogens with one attached hydrogen (secondary N) is 1. The van der Waals surface area contributed by atoms with Crippen molar-refractivity contribution in [2.75, 3.05) is 7.11 Å². The second-order valence-electron chi connectivity index (χ2n) is 3.54. The first kappa shape index (κ1) is 8.73. The number of hydrogen-bond acceptors (Lipinski definition) is 2. The molecule has 1 aliphatic rings. The Balaban J connectivity index is 2.03. The van der Waals surface area contributed by atoms with Crippen LogP contribution in [0.2, 0.25) is 0 Å². The molecule has 0 aliphatic heterocycles. The molecule has 0 saturated heterocycles. The maximum Gasteiger partial charge on any atom is 0.0572 e. The fourth-order valence-electron chi connectivity index (χ4n) is 1.53. The van der Waals surface area contributed by atoms with Crippen molar-refractivity contribution >= 4 is 0 Å². The van der Waals surface area contributed by atoms with E-state index >= 15 is 0 Å². The minimum absolute atomic E-state index is 0.789. The Kier molecular flexibility index (Phi) is 2.62. The lowest BCUT2D eigenvalue weighted by Gasteiger charge is -2.04. The van der Waals surface area contributed by atoms with E-state index in [2.05, 4.69) is 29.7 Å². The lowest BCUT2D eigenvalue weighted by Crippen LogP contribution is -2.10. The molecule has 0 unspecified atom stereocenters. The zero-order valence-electron chi connectivity index (χ0n) is 7.92. The Morgan fingerprint density at radius 1 is 1.46 bits per heavy atom. The van der Waals surface area contributed by atoms with Gasteiger partial charge in [0.05, 0.1) is 7.11 Å². The van der Waals surface area contributed by atoms with E-state index in [4.69, 9.17) is 4.84 Å². The monoisotopic (exact) mass is 177 g/mol. The standard InChI is InChI=1S/C11H15NO/c1-13-12-8-9-3-2-4-11(7-9)10-5-6-10/h2-4,7,10,12H,5-6,8H2,1H3. The maximum absolute atomic E-state index is 4.81. The molecule has 1 N–H and O–H groups in total. The SMILES string of the molecule is CONCc1cccc(C2CC2)c1. The predicted octanol–water partition coefficient (Wildman–Crippen LogP) is 2.21. The van der Waals surface area contributed by atoms with Crippen LogP contribution in [0.15, 0.2) is 24.3 Å². The highest BCUT2D eigenvalue weighted by Crippen LogP contribution is 2.40. The van der Waals surface area contributed by atoms with Crippen LogP contribution >= 0.6 is 0 Å². The molecule has 1 aromatic rings. The predicted molar refractivity (Wildman–Crippen MR) is 52.3 cm³/mol. The van der Waals surface area contributed by atoms with E-state index in [1.54, 1.807) is 7.11 Å². The molecule has 1 aromatic carbocycles. The number of benzene rings is 1. The normalized spacial score (nSPS) is 16.1. The highest BCUT2D eigenvalue weighted by molar-refractivity contribution is 5.28. The zero-order valence-corrected chi connectivity index (χ0v) is 7.92. The summed E-state index contributed by atoms with van der Waals surface area (Å²) in [5, 5.41) is 0. The van der Waals surface area contributed by atoms with Crippen LogP contribution < -0.4 is 5.48 Å². The van der Waals surface area contributed by atoms with E-state index in [9.17, 15) is 0 Å². The Morgan fingerprint density at radius 2 is 2.31 bits per heavy atom. The zero-order chi connectivity index (χ0) is 9.10. The van der Waals surface area contributed by atoms with Crippen molar-refractivity contribution in [2.45, 2.75) is 25.3 Å². The number of rotatable bonds is 4. The van der Waals surface area contributed by atoms with Crippen LogP contribution in [0.3, 0.4) is 0 Å². The van der Waals surface area contributed by atoms with Crippen molar-refractivity contribution in [1.82, 2.24) is 5.48 Å². The highest BCUT2D eigenvalue weighted by atomic mass is 16.6. The topological polar surface area (TPSA) is 21.3 Å². The highest BCUT2D eigenvalue weighted by Gasteiger charge is 2.23. The van der Waals surface area contributed by atoms with Gasteiger partial charge in [-0.1, -0.05) is 24.3 Å². The molecule has 0 amide bonds. The molecule has 0 bridgehead atoms. The third-order valence-electron chi connectivity index (χ3n) is 2.42. The molecular weight excluding hydrogens is 162 g/mol. The van der Waals surface area contributed by atoms with Crippen LogP contribution in [-0.2, 0) is 11.4 Å². The quantitative estimate of drug-likeness (QED) is 0.712. The van der Waals surface area contributed by atoms with Gasteiger partial charge in [0, 0.05) is 6.54 Å². The first-order valence-electron chi connectivity index (χ1n) is 4.75. The Bertz CT molecular complexity index is 281. The van der Waals surface area contributed by atoms with Gasteiger partial charge in [0.15, 0.2) is 0 Å². The van der Waals surface area contributed by atoms with E-state index in [1.165, 1.54) is 24.0 Å². The molecule has 0 aromatic heterocycles. The van der Waals surface area contributed by atoms with Crippen LogP contribution in [0.5, 0.6) is 0 Å². The largest absolute Gasteiger partial charge is 0.305 e. The Labute approximate surface area is 78.9 Å². The van der Waals surface area contributed by atoms with Gasteiger partial charge in [-0.15, -0.1) is 0 Å². The summed E-state index contributed by atoms with van der Waals surface area (Å²) >= 11 is 0. The van der Waals surface area contributed by atoms with Gasteiger partial charge in [-0.05, 0) is 29.9 Å². The lowest BCUT2D eigenvalue weighted by atomic mass is 10.1. The van der Waals surface area contributed by atoms with Crippen molar-refractivity contribution in [1.29, 1.82) is 0 Å². The molecule has 13 heavy (non-hydrogen) atoms. The van der Waals surface area contributed by atoms with Gasteiger partial charge in [-0.2, -0.15) is 5.48 Å². The molecule has 2 nitrogen and oxygen atoms in total. The third-order valence-corrected chi connectivity index (χ3v) is 2.42. The van der Waals surface area contributed by atoms with E-state index in [0.29, 0.717) is 0 Å². The van der Waals surface area contributed by atoms with E-state index in [-0.39, 0.29) is 0 Å². The first-order valence-corrected chi connectivity index (χ1v) is 4.75. The molecule has 2 rings (SSSR count). The molecule has 70 valence electrons. The van der Waals surface area contributed by atoms with Crippen LogP contribution in [0.1, 0.15) is 29.9 Å². The summed E-state index contributed by atoms with van der Waals surface area (Å²) in [7, 11) is 1.64. The molecular formula is C11H15NO. The van der Waals surface area contributed by atoms with Gasteiger partial charge in [0.2, 0.25) is 0 Å². The lowest BCUT2D eigenvalue weighted by molar-refractivity contribution is 0.0867. The van der Waals surface area contributed by atoms with Gasteiger partial charge in [0.1, 0.15) is 0 Å². The van der Waals surface area contributed by atoms with Gasteiger partial charge < -0.3 is 4.84 Å². The first-order chi connectivity index (χ1) is 6.40. The second-order valence-corrected chi connectivity index (χ2v) is 3.54. The van der Waals surface area contributed by atoms with Crippen molar-refractivity contribution in [2.24, 2.45) is 0 Å². The average molecular weight is 177 g/mol. The van der Waals surface area contributed by atoms with Gasteiger partial charge in [-0.3, -0.25) is 0 Å². The van der Waals surface area contributed by atoms with Crippen molar-refractivity contribution < 1.29 is 4.84 Å². The second kappa shape index (κ2) is 3.90. The Hall–Kier alpha value is -0.860. The molecule has 2 heteroatoms. The summed E-state index contributed by atoms with van der Waals surface area (Å²) in [6, 6.07) is 8.73. The van der Waals surface area contributed by atoms with Crippen LogP contribution in [0.25, 0.3) is 0 Å². The molecule has 1 saturated carbocycles. The van der Waals surface area contributed by atoms with Crippen LogP contribution in [-0.4, -0.2) is 7.11 Å². The van der Waals surface area contributed by atoms with Gasteiger partial charge in [0.25, 0.3) is 0 Å². The minimum atomic E-state index is 0.789. The third kappa shape index (κ3) is 2.29. The summed E-state index contributed by atoms with van der Waals surface area (Å²) in [6.07, 6.45) is 2.72. The average Bonchev–Trinajstić information content (AvgIpc) is 2.98. The van der Waals surface area contributed by atoms with Gasteiger partial charge in [-0.25, -0.2) is 0 Å². The fourth-order valence-corrected chi connectivity index (χ4v) is 1.53. The van der Waals surface area contributed by atoms with Gasteiger partial charge >= 0.3 is 0 Å². The van der Waals surface area contributed by atoms with E-state index in [1.807, 2.05) is 0 Å². The van der Waals surface area contributed by atoms with Crippen molar-refractivity contribution in [3.05, 3.63) is 35.4 Å². The van der Waals surface area contributed by atoms with E-state index < -0.39 is 0 Å². The summed E-state index contributed by atoms with van der Waals surface area (Å²) in [5.74, 6) is 0.836. The minimum Gasteiger partial charge on any atom is -0.305 e. The van der Waals surface area contributed by atoms with Crippen LogP contribution in [0.4, 0.5) is 0 Å². The summed E-state index contributed by atoms with van der Waals surface area (Å²) in [4.78, 5) is 4.81. The van der Waals surface area contributed by atoms with E-state index in [0.717, 1.165) is 12.5 Å². The summed E-state index contributed by atoms with van der Waals surface area (Å²) < 4.78 is 0. The molecule has 1 fully saturated rings. The summed E-state index contributed by atoms with van der Waals surface area (Å²) in [5.41, 5.74) is 5.63. The number of hydroxylamine groups is 1. The van der Waals surface area contributed by atoms with Crippen LogP contribution in [0, 0.1) is 0 Å². The molecule has 0 atom stereocenters. The van der Waals surface area contributed by atoms with Crippen molar-refractivity contribution in [3.8, 4) is 0 Å². The molecule has 0 radical (unpaired) electrons. The fraction of sp³-hybridized carbons (Fsp3) is 0.455. The molecule has 0 spiro atoms. The van der Waals surface area contributed by atoms with Crippen molar-refractivity contribution in [3.63, 3.8) is 0 Å². The Morgan fingerprint density at radius 3 is 3.00 bits per heavy atom. The number of hydrogen-bond donors (Lipinski definition) is 1. The summed E-state index contributed by atoms with van der Waals surface area (Å²) in [6.45, 7) is 0.789. The molecule has 1 aliphatic carbocycles.